The topological polar surface area (TPSA) is 83.0 Å². The second-order valence-electron chi connectivity index (χ2n) is 6.10. The van der Waals surface area contributed by atoms with E-state index >= 15 is 0 Å². The molecule has 0 aliphatic carbocycles. The normalized spacial score (nSPS) is 25.2. The van der Waals surface area contributed by atoms with Gasteiger partial charge in [0.15, 0.2) is 5.96 Å². The average Bonchev–Trinajstić information content (AvgIpc) is 2.46. The number of nitrogens with one attached hydrogen (secondary N) is 2. The number of ether oxygens (including phenoxy) is 1. The Bertz CT molecular complexity index is 471. The quantitative estimate of drug-likeness (QED) is 0.525. The third kappa shape index (κ3) is 7.05. The molecule has 0 saturated carbocycles. The molecule has 1 heterocycles. The predicted octanol–water partition coefficient (Wildman–Crippen LogP) is 0.779. The molecule has 1 aliphatic rings. The van der Waals surface area contributed by atoms with Crippen molar-refractivity contribution in [3.05, 3.63) is 0 Å². The molecule has 0 radical (unpaired) electrons. The molecular weight excluding hydrogens is 316 g/mol. The molecule has 3 atom stereocenters. The van der Waals surface area contributed by atoms with Gasteiger partial charge >= 0.3 is 0 Å². The number of sulfonamides is 1. The van der Waals surface area contributed by atoms with Gasteiger partial charge in [-0.2, -0.15) is 4.31 Å². The Kier molecular flexibility index (Phi) is 8.28. The van der Waals surface area contributed by atoms with Gasteiger partial charge < -0.3 is 15.4 Å². The smallest absolute Gasteiger partial charge is 0.216 e. The van der Waals surface area contributed by atoms with E-state index in [0.717, 1.165) is 13.0 Å². The second-order valence-corrected chi connectivity index (χ2v) is 8.19. The number of morpholine rings is 1. The summed E-state index contributed by atoms with van der Waals surface area (Å²) in [6, 6.07) is 0.297. The van der Waals surface area contributed by atoms with Crippen LogP contribution in [0.2, 0.25) is 0 Å². The molecule has 1 fully saturated rings. The zero-order chi connectivity index (χ0) is 17.5. The van der Waals surface area contributed by atoms with Crippen molar-refractivity contribution < 1.29 is 13.2 Å². The largest absolute Gasteiger partial charge is 0.373 e. The summed E-state index contributed by atoms with van der Waals surface area (Å²) in [5, 5.41) is 6.40. The Morgan fingerprint density at radius 2 is 1.91 bits per heavy atom. The fourth-order valence-electron chi connectivity index (χ4n) is 2.42. The Morgan fingerprint density at radius 3 is 2.43 bits per heavy atom. The van der Waals surface area contributed by atoms with Crippen LogP contribution < -0.4 is 10.6 Å². The van der Waals surface area contributed by atoms with Crippen molar-refractivity contribution in [2.75, 3.05) is 31.9 Å². The predicted molar refractivity (Wildman–Crippen MR) is 94.2 cm³/mol. The van der Waals surface area contributed by atoms with E-state index in [1.54, 1.807) is 0 Å². The van der Waals surface area contributed by atoms with E-state index in [1.165, 1.54) is 4.31 Å². The van der Waals surface area contributed by atoms with Crippen LogP contribution in [0.25, 0.3) is 0 Å². The van der Waals surface area contributed by atoms with Crippen LogP contribution in [0, 0.1) is 0 Å². The summed E-state index contributed by atoms with van der Waals surface area (Å²) in [6.07, 6.45) is 0.842. The van der Waals surface area contributed by atoms with Gasteiger partial charge in [0.25, 0.3) is 0 Å². The van der Waals surface area contributed by atoms with Gasteiger partial charge in [0, 0.05) is 25.7 Å². The van der Waals surface area contributed by atoms with Crippen molar-refractivity contribution in [3.8, 4) is 0 Å². The van der Waals surface area contributed by atoms with Gasteiger partial charge in [-0.25, -0.2) is 8.42 Å². The summed E-state index contributed by atoms with van der Waals surface area (Å²) in [4.78, 5) is 4.38. The maximum absolute atomic E-state index is 12.5. The minimum atomic E-state index is -3.30. The number of nitrogens with zero attached hydrogens (tertiary/aromatic N) is 2. The lowest BCUT2D eigenvalue weighted by Gasteiger charge is -2.34. The van der Waals surface area contributed by atoms with E-state index in [9.17, 15) is 8.42 Å². The first-order valence-electron chi connectivity index (χ1n) is 8.46. The van der Waals surface area contributed by atoms with E-state index in [-0.39, 0.29) is 24.5 Å². The molecule has 7 nitrogen and oxygen atoms in total. The van der Waals surface area contributed by atoms with Crippen molar-refractivity contribution in [3.63, 3.8) is 0 Å². The van der Waals surface area contributed by atoms with E-state index in [4.69, 9.17) is 4.74 Å². The van der Waals surface area contributed by atoms with Crippen molar-refractivity contribution in [1.82, 2.24) is 14.9 Å². The lowest BCUT2D eigenvalue weighted by molar-refractivity contribution is -0.0440. The second kappa shape index (κ2) is 9.44. The number of aliphatic imine (C=N–C) groups is 1. The molecule has 0 spiro atoms. The molecule has 0 amide bonds. The van der Waals surface area contributed by atoms with E-state index in [2.05, 4.69) is 29.5 Å². The van der Waals surface area contributed by atoms with Gasteiger partial charge in [0.2, 0.25) is 10.0 Å². The molecule has 2 N–H and O–H groups in total. The van der Waals surface area contributed by atoms with E-state index in [1.807, 2.05) is 20.8 Å². The van der Waals surface area contributed by atoms with Gasteiger partial charge in [0.1, 0.15) is 0 Å². The standard InChI is InChI=1S/C15H32N4O3S/c1-6-12(3)18-15(16-7-2)17-8-9-23(20,21)19-10-13(4)22-14(5)11-19/h12-14H,6-11H2,1-5H3,(H2,16,17,18). The number of hydrogen-bond acceptors (Lipinski definition) is 4. The van der Waals surface area contributed by atoms with Crippen LogP contribution in [-0.4, -0.2) is 68.9 Å². The maximum atomic E-state index is 12.5. The SMILES string of the molecule is CCNC(=NCCS(=O)(=O)N1CC(C)OC(C)C1)NC(C)CC. The number of guanidine groups is 1. The minimum Gasteiger partial charge on any atom is -0.373 e. The Hall–Kier alpha value is -0.860. The molecule has 1 rings (SSSR count). The van der Waals surface area contributed by atoms with Crippen molar-refractivity contribution in [2.45, 2.75) is 59.3 Å². The van der Waals surface area contributed by atoms with Crippen LogP contribution in [0.15, 0.2) is 4.99 Å². The van der Waals surface area contributed by atoms with Crippen LogP contribution in [0.5, 0.6) is 0 Å². The fourth-order valence-corrected chi connectivity index (χ4v) is 3.87. The average molecular weight is 349 g/mol. The Morgan fingerprint density at radius 1 is 1.30 bits per heavy atom. The van der Waals surface area contributed by atoms with Gasteiger partial charge in [-0.3, -0.25) is 4.99 Å². The number of rotatable bonds is 7. The zero-order valence-electron chi connectivity index (χ0n) is 15.0. The van der Waals surface area contributed by atoms with Gasteiger partial charge in [-0.05, 0) is 34.1 Å². The number of hydrogen-bond donors (Lipinski definition) is 2. The summed E-state index contributed by atoms with van der Waals surface area (Å²) in [5.74, 6) is 0.685. The first-order valence-corrected chi connectivity index (χ1v) is 10.1. The summed E-state index contributed by atoms with van der Waals surface area (Å²) >= 11 is 0. The molecule has 3 unspecified atom stereocenters. The summed E-state index contributed by atoms with van der Waals surface area (Å²) in [6.45, 7) is 11.8. The first-order chi connectivity index (χ1) is 10.8. The van der Waals surface area contributed by atoms with E-state index < -0.39 is 10.0 Å². The van der Waals surface area contributed by atoms with Crippen LogP contribution in [0.3, 0.4) is 0 Å². The molecule has 1 aliphatic heterocycles. The van der Waals surface area contributed by atoms with Crippen molar-refractivity contribution >= 4 is 16.0 Å². The molecule has 23 heavy (non-hydrogen) atoms. The summed E-state index contributed by atoms with van der Waals surface area (Å²) in [5.41, 5.74) is 0. The summed E-state index contributed by atoms with van der Waals surface area (Å²) < 4.78 is 32.0. The highest BCUT2D eigenvalue weighted by molar-refractivity contribution is 7.89. The summed E-state index contributed by atoms with van der Waals surface area (Å²) in [7, 11) is -3.30. The minimum absolute atomic E-state index is 0.0174. The van der Waals surface area contributed by atoms with Crippen LogP contribution in [0.4, 0.5) is 0 Å². The van der Waals surface area contributed by atoms with Gasteiger partial charge in [0.05, 0.1) is 24.5 Å². The van der Waals surface area contributed by atoms with Gasteiger partial charge in [-0.1, -0.05) is 6.92 Å². The molecule has 0 aromatic carbocycles. The molecule has 8 heteroatoms. The van der Waals surface area contributed by atoms with Crippen LogP contribution in [-0.2, 0) is 14.8 Å². The highest BCUT2D eigenvalue weighted by atomic mass is 32.2. The van der Waals surface area contributed by atoms with Gasteiger partial charge in [-0.15, -0.1) is 0 Å². The monoisotopic (exact) mass is 348 g/mol. The fraction of sp³-hybridized carbons (Fsp3) is 0.933. The lowest BCUT2D eigenvalue weighted by atomic mass is 10.3. The zero-order valence-corrected chi connectivity index (χ0v) is 15.8. The molecule has 1 saturated heterocycles. The highest BCUT2D eigenvalue weighted by Crippen LogP contribution is 2.14. The molecule has 0 aromatic heterocycles. The van der Waals surface area contributed by atoms with E-state index in [0.29, 0.717) is 25.1 Å². The van der Waals surface area contributed by atoms with Crippen molar-refractivity contribution in [1.29, 1.82) is 0 Å². The molecule has 0 aromatic rings. The Balaban J connectivity index is 2.61. The highest BCUT2D eigenvalue weighted by Gasteiger charge is 2.30. The van der Waals surface area contributed by atoms with Crippen LogP contribution >= 0.6 is 0 Å². The molecule has 0 bridgehead atoms. The Labute approximate surface area is 140 Å². The van der Waals surface area contributed by atoms with Crippen LogP contribution in [0.1, 0.15) is 41.0 Å². The third-order valence-electron chi connectivity index (χ3n) is 3.74. The maximum Gasteiger partial charge on any atom is 0.216 e. The molecule has 136 valence electrons. The lowest BCUT2D eigenvalue weighted by Crippen LogP contribution is -2.49. The molecular formula is C15H32N4O3S. The van der Waals surface area contributed by atoms with Crippen molar-refractivity contribution in [2.24, 2.45) is 4.99 Å². The first kappa shape index (κ1) is 20.2. The third-order valence-corrected chi connectivity index (χ3v) is 5.52.